The number of hydrogen-bond donors (Lipinski definition) is 1. The average molecular weight is 316 g/mol. The Kier molecular flexibility index (Phi) is 4.89. The number of aromatic hydroxyl groups is 1. The van der Waals surface area contributed by atoms with E-state index in [2.05, 4.69) is 0 Å². The summed E-state index contributed by atoms with van der Waals surface area (Å²) in [6.45, 7) is 3.72. The normalized spacial score (nSPS) is 15.7. The van der Waals surface area contributed by atoms with Gasteiger partial charge in [-0.25, -0.2) is 9.59 Å². The Morgan fingerprint density at radius 2 is 1.39 bits per heavy atom. The molecule has 0 heterocycles. The van der Waals surface area contributed by atoms with Gasteiger partial charge in [0.15, 0.2) is 0 Å². The van der Waals surface area contributed by atoms with Crippen LogP contribution in [0.2, 0.25) is 0 Å². The molecule has 0 radical (unpaired) electrons. The van der Waals surface area contributed by atoms with Gasteiger partial charge >= 0.3 is 11.9 Å². The highest BCUT2D eigenvalue weighted by molar-refractivity contribution is 6.00. The number of rotatable bonds is 3. The molecule has 0 unspecified atom stereocenters. The third-order valence-corrected chi connectivity index (χ3v) is 4.06. The van der Waals surface area contributed by atoms with Gasteiger partial charge in [0, 0.05) is 17.1 Å². The maximum atomic E-state index is 12.3. The maximum absolute atomic E-state index is 12.3. The second-order valence-corrected chi connectivity index (χ2v) is 5.57. The Labute approximate surface area is 135 Å². The van der Waals surface area contributed by atoms with E-state index in [-0.39, 0.29) is 5.75 Å². The lowest BCUT2D eigenvalue weighted by Gasteiger charge is -2.29. The van der Waals surface area contributed by atoms with Crippen LogP contribution in [0.4, 0.5) is 0 Å². The molecular formula is C18H20O5. The van der Waals surface area contributed by atoms with Gasteiger partial charge in [-0.05, 0) is 38.0 Å². The maximum Gasteiger partial charge on any atom is 0.334 e. The van der Waals surface area contributed by atoms with E-state index in [4.69, 9.17) is 9.47 Å². The van der Waals surface area contributed by atoms with Gasteiger partial charge in [0.1, 0.15) is 5.75 Å². The molecule has 122 valence electrons. The molecule has 0 bridgehead atoms. The number of phenolic OH excluding ortho intramolecular Hbond substituents is 1. The third-order valence-electron chi connectivity index (χ3n) is 4.06. The fourth-order valence-corrected chi connectivity index (χ4v) is 3.03. The van der Waals surface area contributed by atoms with Crippen LogP contribution < -0.4 is 0 Å². The van der Waals surface area contributed by atoms with Crippen molar-refractivity contribution in [2.75, 3.05) is 14.2 Å². The molecule has 1 aromatic carbocycles. The van der Waals surface area contributed by atoms with Crippen molar-refractivity contribution in [2.45, 2.75) is 26.2 Å². The van der Waals surface area contributed by atoms with Crippen molar-refractivity contribution in [1.29, 1.82) is 0 Å². The first-order valence-electron chi connectivity index (χ1n) is 7.25. The van der Waals surface area contributed by atoms with E-state index in [1.807, 2.05) is 13.8 Å². The molecule has 1 aliphatic rings. The SMILES string of the molecule is COC(=O)C1=C(C)CC(C)=C(C(=O)OC)C1c1ccc(O)cc1. The van der Waals surface area contributed by atoms with Crippen LogP contribution in [0, 0.1) is 0 Å². The van der Waals surface area contributed by atoms with Crippen LogP contribution in [0.5, 0.6) is 5.75 Å². The summed E-state index contributed by atoms with van der Waals surface area (Å²) in [6.07, 6.45) is 0.517. The molecule has 0 spiro atoms. The predicted octanol–water partition coefficient (Wildman–Crippen LogP) is 2.86. The molecule has 0 aliphatic heterocycles. The molecule has 0 fully saturated rings. The van der Waals surface area contributed by atoms with Crippen molar-refractivity contribution < 1.29 is 24.2 Å². The second-order valence-electron chi connectivity index (χ2n) is 5.57. The summed E-state index contributed by atoms with van der Waals surface area (Å²) in [4.78, 5) is 24.6. The average Bonchev–Trinajstić information content (AvgIpc) is 2.53. The van der Waals surface area contributed by atoms with Crippen LogP contribution >= 0.6 is 0 Å². The number of esters is 2. The Bertz CT molecular complexity index is 657. The lowest BCUT2D eigenvalue weighted by molar-refractivity contribution is -0.137. The minimum absolute atomic E-state index is 0.116. The number of carbonyl (C=O) groups excluding carboxylic acids is 2. The number of methoxy groups -OCH3 is 2. The topological polar surface area (TPSA) is 72.8 Å². The van der Waals surface area contributed by atoms with Crippen molar-refractivity contribution in [1.82, 2.24) is 0 Å². The highest BCUT2D eigenvalue weighted by atomic mass is 16.5. The highest BCUT2D eigenvalue weighted by Crippen LogP contribution is 2.42. The lowest BCUT2D eigenvalue weighted by atomic mass is 9.75. The summed E-state index contributed by atoms with van der Waals surface area (Å²) in [5.41, 5.74) is 3.34. The molecule has 5 heteroatoms. The molecule has 0 amide bonds. The molecular weight excluding hydrogens is 296 g/mol. The van der Waals surface area contributed by atoms with E-state index in [9.17, 15) is 14.7 Å². The molecule has 0 saturated heterocycles. The molecule has 2 rings (SSSR count). The van der Waals surface area contributed by atoms with Crippen molar-refractivity contribution in [3.63, 3.8) is 0 Å². The Balaban J connectivity index is 2.66. The molecule has 1 N–H and O–H groups in total. The van der Waals surface area contributed by atoms with Crippen LogP contribution in [0.25, 0.3) is 0 Å². The van der Waals surface area contributed by atoms with E-state index >= 15 is 0 Å². The highest BCUT2D eigenvalue weighted by Gasteiger charge is 2.37. The third kappa shape index (κ3) is 3.13. The number of ether oxygens (including phenoxy) is 2. The van der Waals surface area contributed by atoms with Crippen LogP contribution in [0.15, 0.2) is 46.6 Å². The number of phenols is 1. The van der Waals surface area contributed by atoms with Crippen LogP contribution in [0.1, 0.15) is 31.7 Å². The molecule has 5 nitrogen and oxygen atoms in total. The molecule has 1 aliphatic carbocycles. The summed E-state index contributed by atoms with van der Waals surface area (Å²) in [5.74, 6) is -1.38. The minimum Gasteiger partial charge on any atom is -0.508 e. The summed E-state index contributed by atoms with van der Waals surface area (Å²) in [6, 6.07) is 6.44. The summed E-state index contributed by atoms with van der Waals surface area (Å²) in [7, 11) is 2.64. The molecule has 0 saturated carbocycles. The largest absolute Gasteiger partial charge is 0.508 e. The van der Waals surface area contributed by atoms with Crippen molar-refractivity contribution in [3.8, 4) is 5.75 Å². The van der Waals surface area contributed by atoms with E-state index in [0.29, 0.717) is 17.6 Å². The molecule has 0 aromatic heterocycles. The molecule has 0 atom stereocenters. The van der Waals surface area contributed by atoms with E-state index in [0.717, 1.165) is 16.7 Å². The minimum atomic E-state index is -0.566. The summed E-state index contributed by atoms with van der Waals surface area (Å²) >= 11 is 0. The first-order valence-corrected chi connectivity index (χ1v) is 7.25. The monoisotopic (exact) mass is 316 g/mol. The second kappa shape index (κ2) is 6.69. The number of carbonyl (C=O) groups is 2. The smallest absolute Gasteiger partial charge is 0.334 e. The van der Waals surface area contributed by atoms with Crippen molar-refractivity contribution >= 4 is 11.9 Å². The van der Waals surface area contributed by atoms with Gasteiger partial charge in [-0.2, -0.15) is 0 Å². The van der Waals surface area contributed by atoms with E-state index < -0.39 is 17.9 Å². The number of allylic oxidation sites excluding steroid dienone is 2. The van der Waals surface area contributed by atoms with Gasteiger partial charge in [-0.15, -0.1) is 0 Å². The first-order chi connectivity index (χ1) is 10.9. The fraction of sp³-hybridized carbons (Fsp3) is 0.333. The van der Waals surface area contributed by atoms with Gasteiger partial charge in [0.2, 0.25) is 0 Å². The quantitative estimate of drug-likeness (QED) is 0.868. The van der Waals surface area contributed by atoms with E-state index in [1.165, 1.54) is 26.4 Å². The first kappa shape index (κ1) is 16.8. The fourth-order valence-electron chi connectivity index (χ4n) is 3.03. The standard InChI is InChI=1S/C18H20O5/c1-10-9-11(2)15(18(21)23-4)16(14(10)17(20)22-3)12-5-7-13(19)8-6-12/h5-8,16,19H,9H2,1-4H3. The lowest BCUT2D eigenvalue weighted by Crippen LogP contribution is -2.25. The van der Waals surface area contributed by atoms with Gasteiger partial charge in [-0.3, -0.25) is 0 Å². The number of hydrogen-bond acceptors (Lipinski definition) is 5. The van der Waals surface area contributed by atoms with Gasteiger partial charge in [0.05, 0.1) is 14.2 Å². The Morgan fingerprint density at radius 1 is 0.957 bits per heavy atom. The zero-order chi connectivity index (χ0) is 17.1. The molecule has 1 aromatic rings. The van der Waals surface area contributed by atoms with Gasteiger partial charge in [0.25, 0.3) is 0 Å². The van der Waals surface area contributed by atoms with Crippen molar-refractivity contribution in [2.24, 2.45) is 0 Å². The Hall–Kier alpha value is -2.56. The predicted molar refractivity (Wildman–Crippen MR) is 84.9 cm³/mol. The van der Waals surface area contributed by atoms with Gasteiger partial charge < -0.3 is 14.6 Å². The zero-order valence-electron chi connectivity index (χ0n) is 13.7. The molecule has 23 heavy (non-hydrogen) atoms. The van der Waals surface area contributed by atoms with Crippen LogP contribution in [-0.2, 0) is 19.1 Å². The van der Waals surface area contributed by atoms with E-state index in [1.54, 1.807) is 12.1 Å². The summed E-state index contributed by atoms with van der Waals surface area (Å²) in [5, 5.41) is 9.49. The number of benzene rings is 1. The van der Waals surface area contributed by atoms with Crippen molar-refractivity contribution in [3.05, 3.63) is 52.1 Å². The summed E-state index contributed by atoms with van der Waals surface area (Å²) < 4.78 is 9.82. The van der Waals surface area contributed by atoms with Gasteiger partial charge in [-0.1, -0.05) is 23.3 Å². The van der Waals surface area contributed by atoms with Crippen LogP contribution in [-0.4, -0.2) is 31.3 Å². The zero-order valence-corrected chi connectivity index (χ0v) is 13.7. The Morgan fingerprint density at radius 3 is 1.78 bits per heavy atom. The van der Waals surface area contributed by atoms with Crippen LogP contribution in [0.3, 0.4) is 0 Å².